The van der Waals surface area contributed by atoms with Crippen LogP contribution in [-0.2, 0) is 16.1 Å². The fraction of sp³-hybridized carbons (Fsp3) is 0.227. The van der Waals surface area contributed by atoms with E-state index in [9.17, 15) is 9.59 Å². The summed E-state index contributed by atoms with van der Waals surface area (Å²) < 4.78 is 6.74. The molecule has 2 heterocycles. The van der Waals surface area contributed by atoms with Gasteiger partial charge in [0, 0.05) is 30.7 Å². The topological polar surface area (TPSA) is 80.2 Å². The standard InChI is InChI=1S/C22H22N4O3S/c1-25(15-8-4-3-5-9-15)18(27)14-30-22-24-19-16-10-6-7-11-17(16)23-20(19)21(28)26(22)12-13-29-2/h3-11,23H,12-14H2,1-2H3. The van der Waals surface area contributed by atoms with Gasteiger partial charge in [-0.15, -0.1) is 0 Å². The summed E-state index contributed by atoms with van der Waals surface area (Å²) in [6.07, 6.45) is 0. The smallest absolute Gasteiger partial charge is 0.278 e. The van der Waals surface area contributed by atoms with Crippen molar-refractivity contribution in [2.45, 2.75) is 11.7 Å². The van der Waals surface area contributed by atoms with Gasteiger partial charge in [0.1, 0.15) is 11.0 Å². The molecule has 0 saturated heterocycles. The van der Waals surface area contributed by atoms with Crippen LogP contribution in [0.5, 0.6) is 0 Å². The summed E-state index contributed by atoms with van der Waals surface area (Å²) >= 11 is 1.26. The van der Waals surface area contributed by atoms with Crippen molar-refractivity contribution in [3.63, 3.8) is 0 Å². The maximum atomic E-state index is 13.2. The lowest BCUT2D eigenvalue weighted by atomic mass is 10.2. The number of hydrogen-bond acceptors (Lipinski definition) is 5. The number of aromatic nitrogens is 3. The fourth-order valence-corrected chi connectivity index (χ4v) is 4.22. The normalized spacial score (nSPS) is 11.3. The van der Waals surface area contributed by atoms with Gasteiger partial charge in [-0.05, 0) is 18.2 Å². The Labute approximate surface area is 177 Å². The lowest BCUT2D eigenvalue weighted by Crippen LogP contribution is -2.29. The zero-order valence-electron chi connectivity index (χ0n) is 16.8. The molecule has 0 aliphatic carbocycles. The van der Waals surface area contributed by atoms with E-state index in [1.807, 2.05) is 54.6 Å². The average Bonchev–Trinajstić information content (AvgIpc) is 3.16. The van der Waals surface area contributed by atoms with Crippen LogP contribution >= 0.6 is 11.8 Å². The molecule has 0 bridgehead atoms. The van der Waals surface area contributed by atoms with Crippen molar-refractivity contribution in [1.29, 1.82) is 0 Å². The van der Waals surface area contributed by atoms with Gasteiger partial charge in [0.15, 0.2) is 5.16 Å². The predicted octanol–water partition coefficient (Wildman–Crippen LogP) is 3.28. The van der Waals surface area contributed by atoms with Gasteiger partial charge in [-0.3, -0.25) is 14.2 Å². The van der Waals surface area contributed by atoms with Crippen molar-refractivity contribution in [2.24, 2.45) is 0 Å². The van der Waals surface area contributed by atoms with Gasteiger partial charge in [0.2, 0.25) is 5.91 Å². The van der Waals surface area contributed by atoms with Crippen LogP contribution in [0.3, 0.4) is 0 Å². The number of para-hydroxylation sites is 2. The number of benzene rings is 2. The number of ether oxygens (including phenoxy) is 1. The monoisotopic (exact) mass is 422 g/mol. The summed E-state index contributed by atoms with van der Waals surface area (Å²) in [4.78, 5) is 35.4. The number of anilines is 1. The molecular weight excluding hydrogens is 400 g/mol. The quantitative estimate of drug-likeness (QED) is 0.365. The third kappa shape index (κ3) is 3.83. The maximum absolute atomic E-state index is 13.2. The molecule has 8 heteroatoms. The summed E-state index contributed by atoms with van der Waals surface area (Å²) in [5.41, 5.74) is 2.59. The summed E-state index contributed by atoms with van der Waals surface area (Å²) in [5, 5.41) is 1.39. The molecule has 1 N–H and O–H groups in total. The number of fused-ring (bicyclic) bond motifs is 3. The largest absolute Gasteiger partial charge is 0.383 e. The first-order chi connectivity index (χ1) is 14.6. The average molecular weight is 423 g/mol. The van der Waals surface area contributed by atoms with Crippen molar-refractivity contribution in [1.82, 2.24) is 14.5 Å². The molecule has 2 aromatic heterocycles. The Hall–Kier alpha value is -3.10. The number of aromatic amines is 1. The highest BCUT2D eigenvalue weighted by atomic mass is 32.2. The highest BCUT2D eigenvalue weighted by Crippen LogP contribution is 2.25. The molecule has 0 aliphatic rings. The van der Waals surface area contributed by atoms with Gasteiger partial charge in [-0.2, -0.15) is 0 Å². The molecule has 0 fully saturated rings. The minimum atomic E-state index is -0.167. The number of amides is 1. The highest BCUT2D eigenvalue weighted by molar-refractivity contribution is 7.99. The molecular formula is C22H22N4O3S. The van der Waals surface area contributed by atoms with Crippen LogP contribution in [0.1, 0.15) is 0 Å². The van der Waals surface area contributed by atoms with Crippen molar-refractivity contribution in [2.75, 3.05) is 31.4 Å². The molecule has 0 radical (unpaired) electrons. The van der Waals surface area contributed by atoms with Crippen LogP contribution in [0, 0.1) is 0 Å². The van der Waals surface area contributed by atoms with E-state index < -0.39 is 0 Å². The minimum absolute atomic E-state index is 0.0715. The number of rotatable bonds is 7. The molecule has 0 unspecified atom stereocenters. The second-order valence-electron chi connectivity index (χ2n) is 6.82. The van der Waals surface area contributed by atoms with Crippen LogP contribution < -0.4 is 10.5 Å². The van der Waals surface area contributed by atoms with Gasteiger partial charge in [0.25, 0.3) is 5.56 Å². The maximum Gasteiger partial charge on any atom is 0.278 e. The van der Waals surface area contributed by atoms with E-state index in [0.29, 0.717) is 29.3 Å². The Bertz CT molecular complexity index is 1250. The van der Waals surface area contributed by atoms with Crippen LogP contribution in [0.25, 0.3) is 21.9 Å². The first-order valence-corrected chi connectivity index (χ1v) is 10.5. The van der Waals surface area contributed by atoms with Crippen molar-refractivity contribution in [3.05, 3.63) is 65.0 Å². The molecule has 7 nitrogen and oxygen atoms in total. The molecule has 0 atom stereocenters. The number of nitrogens with one attached hydrogen (secondary N) is 1. The Morgan fingerprint density at radius 1 is 1.17 bits per heavy atom. The lowest BCUT2D eigenvalue weighted by molar-refractivity contribution is -0.115. The molecule has 0 saturated carbocycles. The van der Waals surface area contributed by atoms with Crippen LogP contribution in [0.15, 0.2) is 64.5 Å². The van der Waals surface area contributed by atoms with Gasteiger partial charge in [-0.25, -0.2) is 4.98 Å². The third-order valence-electron chi connectivity index (χ3n) is 4.94. The van der Waals surface area contributed by atoms with Gasteiger partial charge >= 0.3 is 0 Å². The molecule has 1 amide bonds. The molecule has 4 aromatic rings. The van der Waals surface area contributed by atoms with E-state index in [-0.39, 0.29) is 17.2 Å². The van der Waals surface area contributed by atoms with E-state index >= 15 is 0 Å². The Kier molecular flexibility index (Phi) is 5.87. The first kappa shape index (κ1) is 20.2. The van der Waals surface area contributed by atoms with Gasteiger partial charge in [-0.1, -0.05) is 48.2 Å². The fourth-order valence-electron chi connectivity index (χ4n) is 3.28. The number of H-pyrrole nitrogens is 1. The van der Waals surface area contributed by atoms with Crippen molar-refractivity contribution < 1.29 is 9.53 Å². The number of hydrogen-bond donors (Lipinski definition) is 1. The van der Waals surface area contributed by atoms with E-state index in [1.54, 1.807) is 23.6 Å². The molecule has 154 valence electrons. The number of thioether (sulfide) groups is 1. The summed E-state index contributed by atoms with van der Waals surface area (Å²) in [7, 11) is 3.33. The first-order valence-electron chi connectivity index (χ1n) is 9.54. The molecule has 30 heavy (non-hydrogen) atoms. The summed E-state index contributed by atoms with van der Waals surface area (Å²) in [5.74, 6) is 0.0938. The van der Waals surface area contributed by atoms with Crippen LogP contribution in [0.2, 0.25) is 0 Å². The Balaban J connectivity index is 1.68. The lowest BCUT2D eigenvalue weighted by Gasteiger charge is -2.17. The predicted molar refractivity (Wildman–Crippen MR) is 120 cm³/mol. The zero-order valence-corrected chi connectivity index (χ0v) is 17.6. The van der Waals surface area contributed by atoms with Crippen LogP contribution in [0.4, 0.5) is 5.69 Å². The zero-order chi connectivity index (χ0) is 21.1. The summed E-state index contributed by atoms with van der Waals surface area (Å²) in [6, 6.07) is 17.1. The van der Waals surface area contributed by atoms with Gasteiger partial charge < -0.3 is 14.6 Å². The Morgan fingerprint density at radius 3 is 2.67 bits per heavy atom. The molecule has 4 rings (SSSR count). The molecule has 0 aliphatic heterocycles. The van der Waals surface area contributed by atoms with Crippen LogP contribution in [-0.4, -0.2) is 47.0 Å². The number of methoxy groups -OCH3 is 1. The van der Waals surface area contributed by atoms with E-state index in [1.165, 1.54) is 11.8 Å². The number of nitrogens with zero attached hydrogens (tertiary/aromatic N) is 3. The number of carbonyl (C=O) groups is 1. The van der Waals surface area contributed by atoms with E-state index in [0.717, 1.165) is 16.6 Å². The van der Waals surface area contributed by atoms with E-state index in [4.69, 9.17) is 9.72 Å². The van der Waals surface area contributed by atoms with Gasteiger partial charge in [0.05, 0.1) is 18.9 Å². The second-order valence-corrected chi connectivity index (χ2v) is 7.76. The second kappa shape index (κ2) is 8.73. The number of carbonyl (C=O) groups excluding carboxylic acids is 1. The highest BCUT2D eigenvalue weighted by Gasteiger charge is 2.18. The molecule has 2 aromatic carbocycles. The SMILES string of the molecule is COCCn1c(SCC(=O)N(C)c2ccccc2)nc2c([nH]c3ccccc32)c1=O. The Morgan fingerprint density at radius 2 is 1.90 bits per heavy atom. The van der Waals surface area contributed by atoms with E-state index in [2.05, 4.69) is 4.98 Å². The third-order valence-corrected chi connectivity index (χ3v) is 5.90. The molecule has 0 spiro atoms. The van der Waals surface area contributed by atoms with Crippen molar-refractivity contribution in [3.8, 4) is 0 Å². The van der Waals surface area contributed by atoms with Crippen molar-refractivity contribution >= 4 is 45.3 Å². The minimum Gasteiger partial charge on any atom is -0.383 e. The summed E-state index contributed by atoms with van der Waals surface area (Å²) in [6.45, 7) is 0.734.